The Kier molecular flexibility index (Phi) is 4.26. The maximum Gasteiger partial charge on any atom is 0.433 e. The molecule has 3 aliphatic rings. The highest BCUT2D eigenvalue weighted by atomic mass is 19.4. The predicted molar refractivity (Wildman–Crippen MR) is 100 cm³/mol. The Labute approximate surface area is 166 Å². The van der Waals surface area contributed by atoms with Crippen molar-refractivity contribution in [3.63, 3.8) is 0 Å². The number of anilines is 1. The number of aromatic nitrogens is 2. The van der Waals surface area contributed by atoms with Gasteiger partial charge in [-0.25, -0.2) is 0 Å². The van der Waals surface area contributed by atoms with Crippen LogP contribution in [0.5, 0.6) is 0 Å². The van der Waals surface area contributed by atoms with Gasteiger partial charge in [-0.05, 0) is 54.5 Å². The molecule has 1 amide bonds. The quantitative estimate of drug-likeness (QED) is 0.773. The first-order valence-electron chi connectivity index (χ1n) is 9.95. The van der Waals surface area contributed by atoms with Gasteiger partial charge in [0.05, 0.1) is 5.92 Å². The molecule has 2 aliphatic heterocycles. The highest BCUT2D eigenvalue weighted by Gasteiger charge is 2.37. The number of rotatable bonds is 2. The zero-order valence-corrected chi connectivity index (χ0v) is 15.9. The van der Waals surface area contributed by atoms with Crippen molar-refractivity contribution in [3.8, 4) is 0 Å². The summed E-state index contributed by atoms with van der Waals surface area (Å²) in [7, 11) is 0. The van der Waals surface area contributed by atoms with Gasteiger partial charge in [0.15, 0.2) is 0 Å². The first-order valence-corrected chi connectivity index (χ1v) is 9.95. The molecule has 1 aliphatic carbocycles. The molecule has 0 N–H and O–H groups in total. The minimum absolute atomic E-state index is 0.0838. The van der Waals surface area contributed by atoms with Crippen LogP contribution in [0.2, 0.25) is 0 Å². The van der Waals surface area contributed by atoms with Crippen LogP contribution in [0.25, 0.3) is 0 Å². The van der Waals surface area contributed by atoms with Gasteiger partial charge >= 0.3 is 6.18 Å². The summed E-state index contributed by atoms with van der Waals surface area (Å²) in [6.45, 7) is 2.21. The molecule has 1 saturated heterocycles. The van der Waals surface area contributed by atoms with E-state index in [9.17, 15) is 18.0 Å². The Morgan fingerprint density at radius 1 is 1.14 bits per heavy atom. The molecule has 5 nitrogen and oxygen atoms in total. The number of hydrogen-bond acceptors (Lipinski definition) is 4. The summed E-state index contributed by atoms with van der Waals surface area (Å²) in [5.41, 5.74) is 4.46. The van der Waals surface area contributed by atoms with E-state index in [4.69, 9.17) is 0 Å². The Morgan fingerprint density at radius 3 is 2.83 bits per heavy atom. The van der Waals surface area contributed by atoms with Crippen molar-refractivity contribution in [2.75, 3.05) is 18.0 Å². The van der Waals surface area contributed by atoms with Crippen LogP contribution >= 0.6 is 0 Å². The van der Waals surface area contributed by atoms with Crippen LogP contribution in [0, 0.1) is 5.92 Å². The second kappa shape index (κ2) is 6.71. The molecule has 0 radical (unpaired) electrons. The summed E-state index contributed by atoms with van der Waals surface area (Å²) >= 11 is 0. The summed E-state index contributed by atoms with van der Waals surface area (Å²) in [5.74, 6) is -0.117. The number of carbonyl (C=O) groups is 1. The van der Waals surface area contributed by atoms with Crippen LogP contribution in [-0.4, -0.2) is 33.9 Å². The third kappa shape index (κ3) is 3.24. The molecule has 1 atom stereocenters. The number of aryl methyl sites for hydroxylation is 1. The molecule has 0 bridgehead atoms. The second-order valence-corrected chi connectivity index (χ2v) is 8.06. The maximum atomic E-state index is 13.1. The minimum atomic E-state index is -4.47. The van der Waals surface area contributed by atoms with Crippen LogP contribution in [-0.2, 0) is 36.9 Å². The van der Waals surface area contributed by atoms with E-state index in [1.165, 1.54) is 23.0 Å². The van der Waals surface area contributed by atoms with E-state index in [1.807, 2.05) is 16.0 Å². The van der Waals surface area contributed by atoms with Gasteiger partial charge < -0.3 is 9.80 Å². The lowest BCUT2D eigenvalue weighted by molar-refractivity contribution is -0.141. The normalized spacial score (nSPS) is 20.9. The van der Waals surface area contributed by atoms with E-state index >= 15 is 0 Å². The standard InChI is InChI=1S/C21H21F3N4O/c22-21(23,24)19-8-15(4-6-25-19)27-7-5-13(10-27)20(29)28-11-14-9-26-18-3-1-2-16(18)17(14)12-28/h4,6,8-9,13H,1-3,5,7,10-12H2/t13-/m1/s1. The number of halogens is 3. The highest BCUT2D eigenvalue weighted by molar-refractivity contribution is 5.81. The lowest BCUT2D eigenvalue weighted by Crippen LogP contribution is -2.34. The molecule has 2 aromatic heterocycles. The molecule has 0 saturated carbocycles. The third-order valence-electron chi connectivity index (χ3n) is 6.28. The van der Waals surface area contributed by atoms with Crippen molar-refractivity contribution >= 4 is 11.6 Å². The summed E-state index contributed by atoms with van der Waals surface area (Å²) in [5, 5.41) is 0. The number of nitrogens with zero attached hydrogens (tertiary/aromatic N) is 4. The van der Waals surface area contributed by atoms with Crippen LogP contribution < -0.4 is 4.90 Å². The molecule has 2 aromatic rings. The summed E-state index contributed by atoms with van der Waals surface area (Å²) in [6, 6.07) is 2.64. The van der Waals surface area contributed by atoms with Crippen molar-refractivity contribution in [3.05, 3.63) is 52.6 Å². The number of hydrogen-bond donors (Lipinski definition) is 0. The van der Waals surface area contributed by atoms with Crippen LogP contribution in [0.15, 0.2) is 24.5 Å². The van der Waals surface area contributed by atoms with E-state index in [2.05, 4.69) is 9.97 Å². The molecule has 152 valence electrons. The van der Waals surface area contributed by atoms with Crippen LogP contribution in [0.1, 0.15) is 40.9 Å². The fourth-order valence-electron chi connectivity index (χ4n) is 4.79. The van der Waals surface area contributed by atoms with E-state index in [0.717, 1.165) is 30.9 Å². The van der Waals surface area contributed by atoms with Gasteiger partial charge in [-0.3, -0.25) is 14.8 Å². The Bertz CT molecular complexity index is 975. The fourth-order valence-corrected chi connectivity index (χ4v) is 4.79. The zero-order valence-electron chi connectivity index (χ0n) is 15.9. The van der Waals surface area contributed by atoms with Crippen molar-refractivity contribution in [2.24, 2.45) is 5.92 Å². The number of carbonyl (C=O) groups excluding carboxylic acids is 1. The molecular formula is C21H21F3N4O. The molecule has 0 unspecified atom stereocenters. The molecule has 5 rings (SSSR count). The lowest BCUT2D eigenvalue weighted by Gasteiger charge is -2.22. The Hall–Kier alpha value is -2.64. The molecule has 29 heavy (non-hydrogen) atoms. The van der Waals surface area contributed by atoms with E-state index in [1.54, 1.807) is 6.07 Å². The van der Waals surface area contributed by atoms with Gasteiger partial charge in [-0.1, -0.05) is 0 Å². The number of amides is 1. The molecule has 0 spiro atoms. The smallest absolute Gasteiger partial charge is 0.371 e. The number of alkyl halides is 3. The summed E-state index contributed by atoms with van der Waals surface area (Å²) in [4.78, 5) is 24.8. The van der Waals surface area contributed by atoms with Crippen LogP contribution in [0.3, 0.4) is 0 Å². The highest BCUT2D eigenvalue weighted by Crippen LogP contribution is 2.35. The first-order chi connectivity index (χ1) is 13.9. The molecule has 4 heterocycles. The molecule has 1 fully saturated rings. The zero-order chi connectivity index (χ0) is 20.2. The topological polar surface area (TPSA) is 49.3 Å². The van der Waals surface area contributed by atoms with Crippen molar-refractivity contribution < 1.29 is 18.0 Å². The Morgan fingerprint density at radius 2 is 2.00 bits per heavy atom. The molecule has 0 aromatic carbocycles. The fraction of sp³-hybridized carbons (Fsp3) is 0.476. The van der Waals surface area contributed by atoms with Gasteiger partial charge in [0.25, 0.3) is 0 Å². The average molecular weight is 402 g/mol. The van der Waals surface area contributed by atoms with Crippen LogP contribution in [0.4, 0.5) is 18.9 Å². The Balaban J connectivity index is 1.28. The SMILES string of the molecule is O=C([C@@H]1CCN(c2ccnc(C(F)(F)F)c2)C1)N1Cc2cnc3c(c2C1)CCC3. The maximum absolute atomic E-state index is 13.1. The first kappa shape index (κ1) is 18.4. The van der Waals surface area contributed by atoms with Gasteiger partial charge in [0, 0.05) is 50.0 Å². The monoisotopic (exact) mass is 402 g/mol. The van der Waals surface area contributed by atoms with Gasteiger partial charge in [0.1, 0.15) is 5.69 Å². The predicted octanol–water partition coefficient (Wildman–Crippen LogP) is 3.35. The van der Waals surface area contributed by atoms with E-state index in [-0.39, 0.29) is 11.8 Å². The van der Waals surface area contributed by atoms with Crippen molar-refractivity contribution in [1.29, 1.82) is 0 Å². The number of fused-ring (bicyclic) bond motifs is 3. The van der Waals surface area contributed by atoms with Gasteiger partial charge in [0.2, 0.25) is 5.91 Å². The van der Waals surface area contributed by atoms with Gasteiger partial charge in [-0.2, -0.15) is 13.2 Å². The van der Waals surface area contributed by atoms with Crippen molar-refractivity contribution in [1.82, 2.24) is 14.9 Å². The summed E-state index contributed by atoms with van der Waals surface area (Å²) in [6.07, 6.45) is 2.43. The lowest BCUT2D eigenvalue weighted by atomic mass is 10.1. The molecule has 8 heteroatoms. The minimum Gasteiger partial charge on any atom is -0.371 e. The number of pyridine rings is 2. The van der Waals surface area contributed by atoms with E-state index < -0.39 is 11.9 Å². The van der Waals surface area contributed by atoms with Crippen molar-refractivity contribution in [2.45, 2.75) is 44.9 Å². The second-order valence-electron chi connectivity index (χ2n) is 8.06. The van der Waals surface area contributed by atoms with E-state index in [0.29, 0.717) is 38.3 Å². The van der Waals surface area contributed by atoms with Gasteiger partial charge in [-0.15, -0.1) is 0 Å². The molecular weight excluding hydrogens is 381 g/mol. The largest absolute Gasteiger partial charge is 0.433 e. The third-order valence-corrected chi connectivity index (χ3v) is 6.28. The average Bonchev–Trinajstić information content (AvgIpc) is 3.44. The summed E-state index contributed by atoms with van der Waals surface area (Å²) < 4.78 is 38.8.